The third kappa shape index (κ3) is 1.93. The first-order valence-electron chi connectivity index (χ1n) is 6.82. The monoisotopic (exact) mass is 262 g/mol. The largest absolute Gasteiger partial charge is 0.253 e. The van der Waals surface area contributed by atoms with Crippen LogP contribution >= 0.6 is 0 Å². The van der Waals surface area contributed by atoms with E-state index in [0.29, 0.717) is 11.8 Å². The van der Waals surface area contributed by atoms with Gasteiger partial charge in [0.1, 0.15) is 5.82 Å². The van der Waals surface area contributed by atoms with Crippen molar-refractivity contribution in [3.05, 3.63) is 59.9 Å². The van der Waals surface area contributed by atoms with E-state index in [9.17, 15) is 0 Å². The van der Waals surface area contributed by atoms with Crippen LogP contribution in [0.1, 0.15) is 35.5 Å². The summed E-state index contributed by atoms with van der Waals surface area (Å²) in [5, 5.41) is 0. The van der Waals surface area contributed by atoms with Gasteiger partial charge in [-0.2, -0.15) is 0 Å². The van der Waals surface area contributed by atoms with E-state index in [0.717, 1.165) is 34.7 Å². The predicted molar refractivity (Wildman–Crippen MR) is 76.4 cm³/mol. The molecule has 4 rings (SSSR count). The van der Waals surface area contributed by atoms with Gasteiger partial charge in [0.2, 0.25) is 0 Å². The fourth-order valence-corrected chi connectivity index (χ4v) is 2.60. The van der Waals surface area contributed by atoms with Crippen LogP contribution in [-0.4, -0.2) is 19.9 Å². The Morgan fingerprint density at radius 1 is 0.950 bits per heavy atom. The molecule has 4 heteroatoms. The average Bonchev–Trinajstić information content (AvgIpc) is 3.27. The van der Waals surface area contributed by atoms with E-state index >= 15 is 0 Å². The second-order valence-electron chi connectivity index (χ2n) is 5.29. The Hall–Kier alpha value is -2.36. The highest BCUT2D eigenvalue weighted by atomic mass is 14.9. The molecule has 1 saturated carbocycles. The van der Waals surface area contributed by atoms with E-state index < -0.39 is 0 Å². The van der Waals surface area contributed by atoms with Crippen LogP contribution < -0.4 is 0 Å². The van der Waals surface area contributed by atoms with Crippen LogP contribution in [0.2, 0.25) is 0 Å². The van der Waals surface area contributed by atoms with Gasteiger partial charge < -0.3 is 0 Å². The average molecular weight is 262 g/mol. The Bertz CT molecular complexity index is 784. The lowest BCUT2D eigenvalue weighted by atomic mass is 10.2. The Kier molecular flexibility index (Phi) is 2.49. The van der Waals surface area contributed by atoms with Gasteiger partial charge in [0, 0.05) is 29.9 Å². The standard InChI is InChI=1S/C16H14N4/c1-10-6-7-17-16(19-10)12-8-11(12)15-9-18-13-4-2-3-5-14(13)20-15/h2-7,9,11-12H,8H2,1H3/t11-,12-/m0/s1. The van der Waals surface area contributed by atoms with Gasteiger partial charge in [0.25, 0.3) is 0 Å². The first-order valence-corrected chi connectivity index (χ1v) is 6.82. The molecular weight excluding hydrogens is 248 g/mol. The van der Waals surface area contributed by atoms with Gasteiger partial charge in [-0.25, -0.2) is 15.0 Å². The summed E-state index contributed by atoms with van der Waals surface area (Å²) in [6.07, 6.45) is 4.79. The molecule has 0 radical (unpaired) electrons. The number of rotatable bonds is 2. The molecule has 0 saturated heterocycles. The number of hydrogen-bond acceptors (Lipinski definition) is 4. The lowest BCUT2D eigenvalue weighted by Gasteiger charge is -2.02. The zero-order chi connectivity index (χ0) is 13.5. The highest BCUT2D eigenvalue weighted by Crippen LogP contribution is 2.52. The normalized spacial score (nSPS) is 21.1. The summed E-state index contributed by atoms with van der Waals surface area (Å²) in [6, 6.07) is 9.90. The third-order valence-corrected chi connectivity index (χ3v) is 3.78. The van der Waals surface area contributed by atoms with Crippen LogP contribution in [0.4, 0.5) is 0 Å². The van der Waals surface area contributed by atoms with Crippen LogP contribution in [0.25, 0.3) is 11.0 Å². The SMILES string of the molecule is Cc1ccnc([C@H]2C[C@@H]2c2cnc3ccccc3n2)n1. The Labute approximate surface area is 117 Å². The lowest BCUT2D eigenvalue weighted by Crippen LogP contribution is -1.96. The quantitative estimate of drug-likeness (QED) is 0.712. The van der Waals surface area contributed by atoms with Gasteiger partial charge in [-0.05, 0) is 31.5 Å². The number of aryl methyl sites for hydroxylation is 1. The van der Waals surface area contributed by atoms with Crippen LogP contribution in [-0.2, 0) is 0 Å². The summed E-state index contributed by atoms with van der Waals surface area (Å²) in [5.74, 6) is 1.74. The van der Waals surface area contributed by atoms with Crippen molar-refractivity contribution in [1.29, 1.82) is 0 Å². The molecule has 98 valence electrons. The van der Waals surface area contributed by atoms with E-state index in [4.69, 9.17) is 4.98 Å². The van der Waals surface area contributed by atoms with Crippen LogP contribution in [0.15, 0.2) is 42.7 Å². The Morgan fingerprint density at radius 2 is 1.80 bits per heavy atom. The van der Waals surface area contributed by atoms with Crippen molar-refractivity contribution in [2.45, 2.75) is 25.2 Å². The molecule has 0 bridgehead atoms. The number of aromatic nitrogens is 4. The smallest absolute Gasteiger partial charge is 0.132 e. The summed E-state index contributed by atoms with van der Waals surface area (Å²) in [5.41, 5.74) is 3.98. The second-order valence-corrected chi connectivity index (χ2v) is 5.29. The zero-order valence-electron chi connectivity index (χ0n) is 11.2. The fourth-order valence-electron chi connectivity index (χ4n) is 2.60. The number of nitrogens with zero attached hydrogens (tertiary/aromatic N) is 4. The molecule has 0 spiro atoms. The second kappa shape index (κ2) is 4.34. The Balaban J connectivity index is 1.65. The summed E-state index contributed by atoms with van der Waals surface area (Å²) in [4.78, 5) is 18.1. The van der Waals surface area contributed by atoms with Crippen molar-refractivity contribution in [3.8, 4) is 0 Å². The molecule has 1 aromatic carbocycles. The molecule has 2 aromatic heterocycles. The maximum atomic E-state index is 4.72. The minimum absolute atomic E-state index is 0.394. The van der Waals surface area contributed by atoms with Crippen LogP contribution in [0, 0.1) is 6.92 Å². The van der Waals surface area contributed by atoms with Crippen LogP contribution in [0.3, 0.4) is 0 Å². The van der Waals surface area contributed by atoms with E-state index in [1.54, 1.807) is 0 Å². The van der Waals surface area contributed by atoms with Gasteiger partial charge in [-0.1, -0.05) is 12.1 Å². The van der Waals surface area contributed by atoms with Crippen molar-refractivity contribution in [2.75, 3.05) is 0 Å². The van der Waals surface area contributed by atoms with E-state index in [1.807, 2.05) is 49.6 Å². The number of fused-ring (bicyclic) bond motifs is 1. The van der Waals surface area contributed by atoms with Crippen molar-refractivity contribution >= 4 is 11.0 Å². The number of para-hydroxylation sites is 2. The van der Waals surface area contributed by atoms with Gasteiger partial charge in [-0.15, -0.1) is 0 Å². The highest BCUT2D eigenvalue weighted by molar-refractivity contribution is 5.73. The van der Waals surface area contributed by atoms with Gasteiger partial charge in [-0.3, -0.25) is 4.98 Å². The fraction of sp³-hybridized carbons (Fsp3) is 0.250. The van der Waals surface area contributed by atoms with Crippen LogP contribution in [0.5, 0.6) is 0 Å². The van der Waals surface area contributed by atoms with E-state index in [-0.39, 0.29) is 0 Å². The topological polar surface area (TPSA) is 51.6 Å². The summed E-state index contributed by atoms with van der Waals surface area (Å²) in [7, 11) is 0. The highest BCUT2D eigenvalue weighted by Gasteiger charge is 2.43. The number of benzene rings is 1. The van der Waals surface area contributed by atoms with Gasteiger partial charge in [0.05, 0.1) is 16.7 Å². The lowest BCUT2D eigenvalue weighted by molar-refractivity contribution is 0.864. The molecule has 0 aliphatic heterocycles. The van der Waals surface area contributed by atoms with Gasteiger partial charge >= 0.3 is 0 Å². The minimum atomic E-state index is 0.394. The zero-order valence-corrected chi connectivity index (χ0v) is 11.2. The maximum absolute atomic E-state index is 4.72. The molecule has 0 unspecified atom stereocenters. The molecule has 3 aromatic rings. The van der Waals surface area contributed by atoms with Crippen molar-refractivity contribution in [2.24, 2.45) is 0 Å². The molecule has 0 N–H and O–H groups in total. The molecule has 1 aliphatic carbocycles. The first-order chi connectivity index (χ1) is 9.81. The summed E-state index contributed by atoms with van der Waals surface area (Å²) < 4.78 is 0. The molecule has 2 atom stereocenters. The van der Waals surface area contributed by atoms with Gasteiger partial charge in [0.15, 0.2) is 0 Å². The summed E-state index contributed by atoms with van der Waals surface area (Å²) in [6.45, 7) is 2.00. The molecular formula is C16H14N4. The molecule has 1 fully saturated rings. The predicted octanol–water partition coefficient (Wildman–Crippen LogP) is 3.00. The summed E-state index contributed by atoms with van der Waals surface area (Å²) >= 11 is 0. The Morgan fingerprint density at radius 3 is 2.65 bits per heavy atom. The van der Waals surface area contributed by atoms with Crippen molar-refractivity contribution < 1.29 is 0 Å². The number of hydrogen-bond donors (Lipinski definition) is 0. The maximum Gasteiger partial charge on any atom is 0.132 e. The molecule has 20 heavy (non-hydrogen) atoms. The van der Waals surface area contributed by atoms with E-state index in [2.05, 4.69) is 15.0 Å². The molecule has 0 amide bonds. The minimum Gasteiger partial charge on any atom is -0.253 e. The van der Waals surface area contributed by atoms with E-state index in [1.165, 1.54) is 0 Å². The molecule has 1 aliphatic rings. The third-order valence-electron chi connectivity index (χ3n) is 3.78. The molecule has 2 heterocycles. The molecule has 4 nitrogen and oxygen atoms in total. The van der Waals surface area contributed by atoms with Crippen molar-refractivity contribution in [3.63, 3.8) is 0 Å². The van der Waals surface area contributed by atoms with Crippen molar-refractivity contribution in [1.82, 2.24) is 19.9 Å². The first kappa shape index (κ1) is 11.5.